The Hall–Kier alpha value is -0.350. The lowest BCUT2D eigenvalue weighted by Gasteiger charge is -2.43. The van der Waals surface area contributed by atoms with Crippen molar-refractivity contribution in [3.8, 4) is 0 Å². The van der Waals surface area contributed by atoms with Gasteiger partial charge in [0.05, 0.1) is 5.02 Å². The van der Waals surface area contributed by atoms with E-state index in [2.05, 4.69) is 31.0 Å². The van der Waals surface area contributed by atoms with Gasteiger partial charge in [-0.1, -0.05) is 37.0 Å². The molecule has 1 fully saturated rings. The summed E-state index contributed by atoms with van der Waals surface area (Å²) in [6, 6.07) is 3.98. The van der Waals surface area contributed by atoms with Crippen LogP contribution in [-0.4, -0.2) is 30.1 Å². The Morgan fingerprint density at radius 3 is 2.62 bits per heavy atom. The first-order valence-electron chi connectivity index (χ1n) is 7.61. The predicted molar refractivity (Wildman–Crippen MR) is 87.7 cm³/mol. The fourth-order valence-electron chi connectivity index (χ4n) is 3.05. The largest absolute Gasteiger partial charge is 0.311 e. The van der Waals surface area contributed by atoms with E-state index in [1.807, 2.05) is 0 Å². The molecule has 5 heteroatoms. The Labute approximate surface area is 136 Å². The number of nitrogens with one attached hydrogen (secondary N) is 1. The Balaban J connectivity index is 2.27. The summed E-state index contributed by atoms with van der Waals surface area (Å²) < 4.78 is 13.8. The standard InChI is InChI=1S/C16H23Cl2FN2/c1-4-11-9-21(12(5-2)8-20-11)10(3)13-6-16(19)15(18)7-14(13)17/h6-7,10-12,20H,4-5,8-9H2,1-3H3. The van der Waals surface area contributed by atoms with Crippen molar-refractivity contribution < 1.29 is 4.39 Å². The quantitative estimate of drug-likeness (QED) is 0.807. The van der Waals surface area contributed by atoms with Crippen molar-refractivity contribution in [2.75, 3.05) is 13.1 Å². The van der Waals surface area contributed by atoms with E-state index in [1.165, 1.54) is 12.1 Å². The maximum Gasteiger partial charge on any atom is 0.142 e. The smallest absolute Gasteiger partial charge is 0.142 e. The van der Waals surface area contributed by atoms with Crippen LogP contribution in [0.2, 0.25) is 10.0 Å². The van der Waals surface area contributed by atoms with Crippen molar-refractivity contribution in [3.63, 3.8) is 0 Å². The molecular formula is C16H23Cl2FN2. The maximum atomic E-state index is 13.8. The normalized spacial score (nSPS) is 25.0. The summed E-state index contributed by atoms with van der Waals surface area (Å²) >= 11 is 12.1. The van der Waals surface area contributed by atoms with E-state index in [0.717, 1.165) is 31.5 Å². The summed E-state index contributed by atoms with van der Waals surface area (Å²) in [6.45, 7) is 8.38. The molecule has 1 N–H and O–H groups in total. The zero-order chi connectivity index (χ0) is 15.6. The van der Waals surface area contributed by atoms with Gasteiger partial charge in [-0.2, -0.15) is 0 Å². The molecule has 21 heavy (non-hydrogen) atoms. The number of rotatable bonds is 4. The molecule has 0 amide bonds. The fourth-order valence-corrected chi connectivity index (χ4v) is 3.59. The van der Waals surface area contributed by atoms with Crippen LogP contribution >= 0.6 is 23.2 Å². The van der Waals surface area contributed by atoms with Crippen LogP contribution in [0.1, 0.15) is 45.2 Å². The van der Waals surface area contributed by atoms with Crippen LogP contribution in [0.25, 0.3) is 0 Å². The fraction of sp³-hybridized carbons (Fsp3) is 0.625. The van der Waals surface area contributed by atoms with Gasteiger partial charge in [0.2, 0.25) is 0 Å². The summed E-state index contributed by atoms with van der Waals surface area (Å²) in [5, 5.41) is 4.19. The van der Waals surface area contributed by atoms with E-state index in [4.69, 9.17) is 23.2 Å². The molecule has 1 saturated heterocycles. The Bertz CT molecular complexity index is 495. The zero-order valence-electron chi connectivity index (χ0n) is 12.8. The highest BCUT2D eigenvalue weighted by atomic mass is 35.5. The minimum absolute atomic E-state index is 0.0744. The van der Waals surface area contributed by atoms with Crippen molar-refractivity contribution >= 4 is 23.2 Å². The molecule has 1 aromatic rings. The lowest BCUT2D eigenvalue weighted by molar-refractivity contribution is 0.0849. The van der Waals surface area contributed by atoms with Crippen LogP contribution in [0.5, 0.6) is 0 Å². The summed E-state index contributed by atoms with van der Waals surface area (Å²) in [7, 11) is 0. The second-order valence-corrected chi connectivity index (χ2v) is 6.55. The summed E-state index contributed by atoms with van der Waals surface area (Å²) in [5.74, 6) is -0.404. The van der Waals surface area contributed by atoms with Gasteiger partial charge in [-0.15, -0.1) is 0 Å². The average molecular weight is 333 g/mol. The van der Waals surface area contributed by atoms with E-state index in [9.17, 15) is 4.39 Å². The van der Waals surface area contributed by atoms with Gasteiger partial charge < -0.3 is 5.32 Å². The van der Waals surface area contributed by atoms with Gasteiger partial charge in [0.15, 0.2) is 0 Å². The molecule has 2 nitrogen and oxygen atoms in total. The van der Waals surface area contributed by atoms with E-state index in [-0.39, 0.29) is 11.1 Å². The predicted octanol–water partition coefficient (Wildman–Crippen LogP) is 4.66. The molecule has 2 rings (SSSR count). The van der Waals surface area contributed by atoms with Gasteiger partial charge in [-0.05, 0) is 37.5 Å². The first-order chi connectivity index (χ1) is 9.97. The van der Waals surface area contributed by atoms with Crippen molar-refractivity contribution in [1.82, 2.24) is 10.2 Å². The molecule has 1 heterocycles. The van der Waals surface area contributed by atoms with Crippen molar-refractivity contribution in [2.45, 2.75) is 51.7 Å². The molecule has 0 aliphatic carbocycles. The molecular weight excluding hydrogens is 310 g/mol. The molecule has 1 aliphatic rings. The third-order valence-corrected chi connectivity index (χ3v) is 5.11. The Kier molecular flexibility index (Phi) is 5.89. The molecule has 0 bridgehead atoms. The molecule has 3 unspecified atom stereocenters. The third kappa shape index (κ3) is 3.70. The highest BCUT2D eigenvalue weighted by molar-refractivity contribution is 6.35. The Morgan fingerprint density at radius 2 is 2.00 bits per heavy atom. The lowest BCUT2D eigenvalue weighted by atomic mass is 9.98. The number of nitrogens with zero attached hydrogens (tertiary/aromatic N) is 1. The van der Waals surface area contributed by atoms with Gasteiger partial charge in [0, 0.05) is 36.2 Å². The summed E-state index contributed by atoms with van der Waals surface area (Å²) in [6.07, 6.45) is 2.14. The maximum absolute atomic E-state index is 13.8. The first-order valence-corrected chi connectivity index (χ1v) is 8.37. The van der Waals surface area contributed by atoms with Crippen molar-refractivity contribution in [2.24, 2.45) is 0 Å². The number of halogens is 3. The second-order valence-electron chi connectivity index (χ2n) is 5.74. The van der Waals surface area contributed by atoms with Crippen LogP contribution in [0.15, 0.2) is 12.1 Å². The van der Waals surface area contributed by atoms with Gasteiger partial charge in [0.25, 0.3) is 0 Å². The SMILES string of the molecule is CCC1CN(C(C)c2cc(F)c(Cl)cc2Cl)C(CC)CN1. The van der Waals surface area contributed by atoms with Gasteiger partial charge in [0.1, 0.15) is 5.82 Å². The molecule has 1 aliphatic heterocycles. The van der Waals surface area contributed by atoms with Crippen LogP contribution < -0.4 is 5.32 Å². The average Bonchev–Trinajstić information content (AvgIpc) is 2.49. The van der Waals surface area contributed by atoms with E-state index >= 15 is 0 Å². The number of benzene rings is 1. The summed E-state index contributed by atoms with van der Waals surface area (Å²) in [5.41, 5.74) is 0.814. The van der Waals surface area contributed by atoms with E-state index < -0.39 is 5.82 Å². The van der Waals surface area contributed by atoms with Gasteiger partial charge in [-0.3, -0.25) is 4.90 Å². The third-order valence-electron chi connectivity index (χ3n) is 4.49. The first kappa shape index (κ1) is 17.0. The highest BCUT2D eigenvalue weighted by Crippen LogP contribution is 2.33. The zero-order valence-corrected chi connectivity index (χ0v) is 14.3. The number of hydrogen-bond donors (Lipinski definition) is 1. The van der Waals surface area contributed by atoms with E-state index in [0.29, 0.717) is 17.1 Å². The topological polar surface area (TPSA) is 15.3 Å². The molecule has 3 atom stereocenters. The van der Waals surface area contributed by atoms with Gasteiger partial charge in [-0.25, -0.2) is 4.39 Å². The summed E-state index contributed by atoms with van der Waals surface area (Å²) in [4.78, 5) is 2.43. The minimum atomic E-state index is -0.404. The molecule has 0 aromatic heterocycles. The van der Waals surface area contributed by atoms with Crippen LogP contribution in [0.4, 0.5) is 4.39 Å². The highest BCUT2D eigenvalue weighted by Gasteiger charge is 2.31. The Morgan fingerprint density at radius 1 is 1.29 bits per heavy atom. The van der Waals surface area contributed by atoms with Gasteiger partial charge >= 0.3 is 0 Å². The van der Waals surface area contributed by atoms with Crippen LogP contribution in [0, 0.1) is 5.82 Å². The molecule has 118 valence electrons. The van der Waals surface area contributed by atoms with Crippen molar-refractivity contribution in [3.05, 3.63) is 33.6 Å². The van der Waals surface area contributed by atoms with Crippen LogP contribution in [0.3, 0.4) is 0 Å². The van der Waals surface area contributed by atoms with Crippen molar-refractivity contribution in [1.29, 1.82) is 0 Å². The molecule has 1 aromatic carbocycles. The second kappa shape index (κ2) is 7.28. The van der Waals surface area contributed by atoms with E-state index in [1.54, 1.807) is 0 Å². The monoisotopic (exact) mass is 332 g/mol. The minimum Gasteiger partial charge on any atom is -0.311 e. The lowest BCUT2D eigenvalue weighted by Crippen LogP contribution is -2.56. The molecule has 0 saturated carbocycles. The number of piperazine rings is 1. The molecule has 0 radical (unpaired) electrons. The molecule has 0 spiro atoms. The number of hydrogen-bond acceptors (Lipinski definition) is 2. The van der Waals surface area contributed by atoms with Crippen LogP contribution in [-0.2, 0) is 0 Å².